The highest BCUT2D eigenvalue weighted by molar-refractivity contribution is 5.97. The minimum absolute atomic E-state index is 0.0120. The standard InChI is InChI=1S/C34H43N7O/c1-20(40-19-21(2)41-28(18-35)15-27-16-31(27)41)17-34(33(36)39-6)29-11-9-23(22(3)37-4)13-24(29)7-8-25-14-26(32(42)38-5)10-12-30(25)34/h9-14,20,27-28,31,37,40H,2-3,7-8,15-17,19H2,1,4-6H3,(H2,36,39)(H,38,42)/t20-,27-,28?,31+,34?/m1/s1. The van der Waals surface area contributed by atoms with Crippen molar-refractivity contribution in [1.82, 2.24) is 26.2 Å². The quantitative estimate of drug-likeness (QED) is 0.222. The van der Waals surface area contributed by atoms with Gasteiger partial charge in [-0.05, 0) is 91.0 Å². The van der Waals surface area contributed by atoms with Gasteiger partial charge < -0.3 is 26.2 Å². The summed E-state index contributed by atoms with van der Waals surface area (Å²) in [5, 5.41) is 31.9. The maximum atomic E-state index is 12.6. The van der Waals surface area contributed by atoms with Crippen LogP contribution in [0.1, 0.15) is 64.4 Å². The Kier molecular flexibility index (Phi) is 8.16. The number of benzene rings is 2. The molecule has 42 heavy (non-hydrogen) atoms. The summed E-state index contributed by atoms with van der Waals surface area (Å²) in [6.45, 7) is 11.3. The van der Waals surface area contributed by atoms with E-state index in [-0.39, 0.29) is 18.0 Å². The number of carbonyl (C=O) groups excluding carboxylic acids is 1. The van der Waals surface area contributed by atoms with Crippen LogP contribution in [0.2, 0.25) is 0 Å². The van der Waals surface area contributed by atoms with Crippen LogP contribution in [0.3, 0.4) is 0 Å². The smallest absolute Gasteiger partial charge is 0.251 e. The van der Waals surface area contributed by atoms with Crippen LogP contribution >= 0.6 is 0 Å². The van der Waals surface area contributed by atoms with Gasteiger partial charge in [0.15, 0.2) is 0 Å². The molecule has 3 aliphatic rings. The Morgan fingerprint density at radius 2 is 1.69 bits per heavy atom. The number of amides is 1. The summed E-state index contributed by atoms with van der Waals surface area (Å²) in [5.74, 6) is 0.924. The normalized spacial score (nSPS) is 24.2. The minimum atomic E-state index is -0.769. The van der Waals surface area contributed by atoms with Gasteiger partial charge in [-0.25, -0.2) is 0 Å². The maximum absolute atomic E-state index is 12.6. The Morgan fingerprint density at radius 1 is 1.05 bits per heavy atom. The number of rotatable bonds is 10. The van der Waals surface area contributed by atoms with Gasteiger partial charge in [-0.1, -0.05) is 31.4 Å². The van der Waals surface area contributed by atoms with Gasteiger partial charge in [-0.3, -0.25) is 10.2 Å². The molecule has 1 saturated heterocycles. The molecule has 2 aliphatic carbocycles. The highest BCUT2D eigenvalue weighted by atomic mass is 16.1. The van der Waals surface area contributed by atoms with Crippen molar-refractivity contribution in [2.75, 3.05) is 27.7 Å². The molecule has 0 bridgehead atoms. The fourth-order valence-corrected chi connectivity index (χ4v) is 7.21. The zero-order valence-electron chi connectivity index (χ0n) is 25.2. The lowest BCUT2D eigenvalue weighted by molar-refractivity contribution is 0.0963. The molecule has 1 aliphatic heterocycles. The van der Waals surface area contributed by atoms with Crippen LogP contribution in [0.4, 0.5) is 0 Å². The average molecular weight is 566 g/mol. The minimum Gasteiger partial charge on any atom is -0.388 e. The van der Waals surface area contributed by atoms with Crippen LogP contribution in [-0.2, 0) is 18.3 Å². The Morgan fingerprint density at radius 3 is 2.29 bits per heavy atom. The number of amidine groups is 1. The molecule has 2 aromatic rings. The van der Waals surface area contributed by atoms with Gasteiger partial charge in [0, 0.05) is 56.7 Å². The first-order valence-corrected chi connectivity index (χ1v) is 14.9. The number of likely N-dealkylation sites (N-methyl/N-ethyl adjacent to an activating group) is 1. The van der Waals surface area contributed by atoms with Crippen LogP contribution in [0.25, 0.3) is 5.70 Å². The van der Waals surface area contributed by atoms with Crippen LogP contribution in [0.15, 0.2) is 55.3 Å². The molecule has 0 spiro atoms. The predicted octanol–water partition coefficient (Wildman–Crippen LogP) is 3.69. The van der Waals surface area contributed by atoms with E-state index in [0.717, 1.165) is 59.3 Å². The molecule has 220 valence electrons. The summed E-state index contributed by atoms with van der Waals surface area (Å²) in [7, 11) is 5.33. The summed E-state index contributed by atoms with van der Waals surface area (Å²) in [4.78, 5) is 14.8. The Bertz CT molecular complexity index is 1400. The molecule has 2 unspecified atom stereocenters. The fourth-order valence-electron chi connectivity index (χ4n) is 7.21. The molecule has 1 amide bonds. The van der Waals surface area contributed by atoms with Crippen molar-refractivity contribution in [3.05, 3.63) is 88.6 Å². The molecular formula is C34H43N7O. The second-order valence-electron chi connectivity index (χ2n) is 12.0. The van der Waals surface area contributed by atoms with E-state index in [9.17, 15) is 15.5 Å². The molecule has 5 rings (SSSR count). The van der Waals surface area contributed by atoms with Crippen molar-refractivity contribution >= 4 is 17.4 Å². The third kappa shape index (κ3) is 5.07. The van der Waals surface area contributed by atoms with Crippen molar-refractivity contribution in [3.63, 3.8) is 0 Å². The van der Waals surface area contributed by atoms with Crippen LogP contribution < -0.4 is 21.3 Å². The third-order valence-electron chi connectivity index (χ3n) is 9.50. The lowest BCUT2D eigenvalue weighted by Gasteiger charge is -2.39. The van der Waals surface area contributed by atoms with Crippen molar-refractivity contribution in [2.24, 2.45) is 5.92 Å². The molecule has 1 heterocycles. The summed E-state index contributed by atoms with van der Waals surface area (Å²) in [6.07, 6.45) is 4.26. The first kappa shape index (κ1) is 29.4. The maximum Gasteiger partial charge on any atom is 0.251 e. The molecule has 1 saturated carbocycles. The molecule has 5 atom stereocenters. The molecule has 8 nitrogen and oxygen atoms in total. The number of nitrogens with zero attached hydrogens (tertiary/aromatic N) is 2. The number of hydrogen-bond acceptors (Lipinski definition) is 6. The zero-order valence-corrected chi connectivity index (χ0v) is 25.2. The summed E-state index contributed by atoms with van der Waals surface area (Å²) < 4.78 is 0. The summed E-state index contributed by atoms with van der Waals surface area (Å²) in [6, 6.07) is 15.2. The predicted molar refractivity (Wildman–Crippen MR) is 168 cm³/mol. The van der Waals surface area contributed by atoms with E-state index >= 15 is 0 Å². The number of nitriles is 1. The van der Waals surface area contributed by atoms with Crippen molar-refractivity contribution in [2.45, 2.75) is 62.6 Å². The van der Waals surface area contributed by atoms with Crippen LogP contribution in [0.5, 0.6) is 0 Å². The topological polar surface area (TPSA) is 116 Å². The second kappa shape index (κ2) is 11.7. The lowest BCUT2D eigenvalue weighted by atomic mass is 9.67. The molecule has 0 aromatic heterocycles. The van der Waals surface area contributed by atoms with E-state index < -0.39 is 5.41 Å². The number of fused-ring (bicyclic) bond motifs is 3. The van der Waals surface area contributed by atoms with Gasteiger partial charge in [0.05, 0.1) is 11.5 Å². The van der Waals surface area contributed by atoms with Gasteiger partial charge in [0.1, 0.15) is 11.9 Å². The molecule has 8 heteroatoms. The summed E-state index contributed by atoms with van der Waals surface area (Å²) in [5.41, 5.74) is 7.08. The number of nitrogens with one attached hydrogen (secondary N) is 5. The van der Waals surface area contributed by atoms with E-state index in [1.54, 1.807) is 7.05 Å². The Balaban J connectivity index is 1.53. The van der Waals surface area contributed by atoms with Crippen molar-refractivity contribution in [3.8, 4) is 6.07 Å². The number of carbonyl (C=O) groups is 1. The molecular weight excluding hydrogens is 522 g/mol. The highest BCUT2D eigenvalue weighted by Crippen LogP contribution is 2.49. The average Bonchev–Trinajstić information content (AvgIpc) is 3.71. The Labute approximate surface area is 249 Å². The number of hydrogen-bond donors (Lipinski definition) is 5. The number of likely N-dealkylation sites (tertiary alicyclic amines) is 1. The SMILES string of the molecule is C=C(NC)c1ccc2c(c1)CCc1cc(C(=O)NC)ccc1C2(C[C@@H](C)NCC(=C)N1C(C#N)C[C@@H]2C[C@@H]21)C(=N)NC. The highest BCUT2D eigenvalue weighted by Gasteiger charge is 2.52. The zero-order chi connectivity index (χ0) is 30.2. The fraction of sp³-hybridized carbons (Fsp3) is 0.441. The van der Waals surface area contributed by atoms with E-state index in [0.29, 0.717) is 36.3 Å². The largest absolute Gasteiger partial charge is 0.388 e. The number of aryl methyl sites for hydroxylation is 2. The van der Waals surface area contributed by atoms with Gasteiger partial charge in [-0.15, -0.1) is 0 Å². The van der Waals surface area contributed by atoms with Crippen LogP contribution in [-0.4, -0.2) is 62.5 Å². The van der Waals surface area contributed by atoms with Gasteiger partial charge in [0.2, 0.25) is 0 Å². The third-order valence-corrected chi connectivity index (χ3v) is 9.50. The molecule has 2 fully saturated rings. The van der Waals surface area contributed by atoms with E-state index in [4.69, 9.17) is 0 Å². The monoisotopic (exact) mass is 565 g/mol. The van der Waals surface area contributed by atoms with Crippen LogP contribution in [0, 0.1) is 22.7 Å². The first-order valence-electron chi connectivity index (χ1n) is 14.9. The van der Waals surface area contributed by atoms with Gasteiger partial charge in [-0.2, -0.15) is 5.26 Å². The number of piperidine rings is 1. The Hall–Kier alpha value is -4.09. The second-order valence-corrected chi connectivity index (χ2v) is 12.0. The van der Waals surface area contributed by atoms with E-state index in [2.05, 4.69) is 70.5 Å². The van der Waals surface area contributed by atoms with Crippen molar-refractivity contribution in [1.29, 1.82) is 10.7 Å². The van der Waals surface area contributed by atoms with E-state index in [1.165, 1.54) is 5.56 Å². The molecule has 2 aromatic carbocycles. The van der Waals surface area contributed by atoms with E-state index in [1.807, 2.05) is 32.3 Å². The van der Waals surface area contributed by atoms with Gasteiger partial charge >= 0.3 is 0 Å². The lowest BCUT2D eigenvalue weighted by Crippen LogP contribution is -2.49. The van der Waals surface area contributed by atoms with Crippen molar-refractivity contribution < 1.29 is 4.79 Å². The molecule has 5 N–H and O–H groups in total. The summed E-state index contributed by atoms with van der Waals surface area (Å²) >= 11 is 0. The first-order chi connectivity index (χ1) is 20.2. The van der Waals surface area contributed by atoms with Gasteiger partial charge in [0.25, 0.3) is 5.91 Å². The molecule has 0 radical (unpaired) electrons.